The van der Waals surface area contributed by atoms with Crippen molar-refractivity contribution in [3.63, 3.8) is 0 Å². The van der Waals surface area contributed by atoms with Gasteiger partial charge in [0.25, 0.3) is 0 Å². The van der Waals surface area contributed by atoms with Crippen molar-refractivity contribution in [1.29, 1.82) is 0 Å². The molecule has 0 amide bonds. The summed E-state index contributed by atoms with van der Waals surface area (Å²) in [7, 11) is 0. The first-order chi connectivity index (χ1) is 30.3. The lowest BCUT2D eigenvalue weighted by Crippen LogP contribution is -2.39. The number of hydrogen-bond acceptors (Lipinski definition) is 20. The zero-order valence-electron chi connectivity index (χ0n) is 32.3. The van der Waals surface area contributed by atoms with Crippen LogP contribution in [-0.4, -0.2) is 95.6 Å². The van der Waals surface area contributed by atoms with E-state index in [1.54, 1.807) is 0 Å². The fourth-order valence-corrected chi connectivity index (χ4v) is 7.73. The highest BCUT2D eigenvalue weighted by molar-refractivity contribution is 5.92. The van der Waals surface area contributed by atoms with Gasteiger partial charge in [0.2, 0.25) is 0 Å². The number of carbonyl (C=O) groups excluding carboxylic acids is 2. The number of rotatable bonds is 7. The third-order valence-corrected chi connectivity index (χ3v) is 10.8. The Morgan fingerprint density at radius 2 is 0.938 bits per heavy atom. The average Bonchev–Trinajstić information content (AvgIpc) is 3.23. The van der Waals surface area contributed by atoms with Crippen molar-refractivity contribution in [2.45, 2.75) is 36.8 Å². The Balaban J connectivity index is 1.30. The second-order valence-electron chi connectivity index (χ2n) is 14.8. The van der Waals surface area contributed by atoms with Gasteiger partial charge in [0.15, 0.2) is 75.8 Å². The van der Waals surface area contributed by atoms with Gasteiger partial charge in [-0.25, -0.2) is 9.59 Å². The minimum atomic E-state index is -1.85. The van der Waals surface area contributed by atoms with Gasteiger partial charge in [0.1, 0.15) is 40.6 Å². The first kappa shape index (κ1) is 41.8. The Labute approximate surface area is 358 Å². The summed E-state index contributed by atoms with van der Waals surface area (Å²) in [6.45, 7) is 0. The molecule has 2 aliphatic heterocycles. The van der Waals surface area contributed by atoms with E-state index in [0.29, 0.717) is 0 Å². The normalized spacial score (nSPS) is 18.7. The van der Waals surface area contributed by atoms with Crippen molar-refractivity contribution in [2.24, 2.45) is 0 Å². The second-order valence-corrected chi connectivity index (χ2v) is 14.8. The van der Waals surface area contributed by atoms with Gasteiger partial charge in [-0.1, -0.05) is 12.1 Å². The summed E-state index contributed by atoms with van der Waals surface area (Å²) in [5, 5.41) is 148. The Kier molecular flexibility index (Phi) is 10.1. The summed E-state index contributed by atoms with van der Waals surface area (Å²) in [5.74, 6) is -15.5. The van der Waals surface area contributed by atoms with E-state index in [2.05, 4.69) is 0 Å². The number of ether oxygens (including phenoxy) is 4. The summed E-state index contributed by atoms with van der Waals surface area (Å²) >= 11 is 0. The smallest absolute Gasteiger partial charge is 0.338 e. The Bertz CT molecular complexity index is 2860. The van der Waals surface area contributed by atoms with Crippen LogP contribution in [0.4, 0.5) is 0 Å². The standard InChI is InChI=1S/C44H34O20/c45-19-11-25(50)34-32(12-19)62-41(16-2-4-22(47)24(49)6-16)42(64-44(60)18-9-29(54)39(58)30(55)10-18)36(34)35-26(51)14-31-20(37(35)56)13-33(40(61-31)15-1-3-21(46)23(48)5-15)63-43(59)17-7-27(52)38(57)28(53)8-17/h1-12,14,33,36,40-42,45-58H,13H2. The van der Waals surface area contributed by atoms with Crippen LogP contribution in [0.25, 0.3) is 0 Å². The van der Waals surface area contributed by atoms with Crippen LogP contribution in [-0.2, 0) is 15.9 Å². The molecule has 0 aliphatic carbocycles. The first-order valence-corrected chi connectivity index (χ1v) is 18.7. The van der Waals surface area contributed by atoms with Crippen LogP contribution >= 0.6 is 0 Å². The maximum absolute atomic E-state index is 14.0. The maximum atomic E-state index is 14.0. The quantitative estimate of drug-likeness (QED) is 0.0744. The fourth-order valence-electron chi connectivity index (χ4n) is 7.73. The minimum absolute atomic E-state index is 0.0264. The van der Waals surface area contributed by atoms with E-state index in [4.69, 9.17) is 18.9 Å². The molecule has 8 rings (SSSR count). The van der Waals surface area contributed by atoms with Crippen molar-refractivity contribution in [3.8, 4) is 92.0 Å². The summed E-state index contributed by atoms with van der Waals surface area (Å²) in [6, 6.07) is 12.9. The molecule has 6 aromatic rings. The average molecular weight is 883 g/mol. The summed E-state index contributed by atoms with van der Waals surface area (Å²) in [5.41, 5.74) is -1.93. The molecule has 64 heavy (non-hydrogen) atoms. The zero-order valence-corrected chi connectivity index (χ0v) is 32.3. The van der Waals surface area contributed by atoms with Crippen LogP contribution in [0, 0.1) is 0 Å². The predicted molar refractivity (Wildman–Crippen MR) is 213 cm³/mol. The van der Waals surface area contributed by atoms with Crippen molar-refractivity contribution >= 4 is 11.9 Å². The van der Waals surface area contributed by atoms with Crippen molar-refractivity contribution in [2.75, 3.05) is 0 Å². The summed E-state index contributed by atoms with van der Waals surface area (Å²) in [4.78, 5) is 27.5. The molecule has 2 heterocycles. The second kappa shape index (κ2) is 15.5. The van der Waals surface area contributed by atoms with Gasteiger partial charge in [0, 0.05) is 52.4 Å². The number of aromatic hydroxyl groups is 14. The molecule has 5 atom stereocenters. The van der Waals surface area contributed by atoms with Gasteiger partial charge in [-0.05, 0) is 48.5 Å². The van der Waals surface area contributed by atoms with Crippen LogP contribution in [0.5, 0.6) is 92.0 Å². The minimum Gasteiger partial charge on any atom is -0.508 e. The number of fused-ring (bicyclic) bond motifs is 2. The molecular formula is C44H34O20. The molecule has 6 aromatic carbocycles. The monoisotopic (exact) mass is 882 g/mol. The Hall–Kier alpha value is -8.94. The highest BCUT2D eigenvalue weighted by Crippen LogP contribution is 2.58. The fraction of sp³-hybridized carbons (Fsp3) is 0.136. The Morgan fingerprint density at radius 1 is 0.453 bits per heavy atom. The maximum Gasteiger partial charge on any atom is 0.338 e. The third kappa shape index (κ3) is 7.23. The van der Waals surface area contributed by atoms with Gasteiger partial charge >= 0.3 is 11.9 Å². The lowest BCUT2D eigenvalue weighted by Gasteiger charge is -2.41. The molecule has 0 saturated carbocycles. The molecule has 20 nitrogen and oxygen atoms in total. The lowest BCUT2D eigenvalue weighted by atomic mass is 9.77. The molecule has 0 fully saturated rings. The van der Waals surface area contributed by atoms with Crippen LogP contribution in [0.1, 0.15) is 66.7 Å². The van der Waals surface area contributed by atoms with Crippen molar-refractivity contribution < 1.29 is 100 Å². The third-order valence-electron chi connectivity index (χ3n) is 10.8. The van der Waals surface area contributed by atoms with Crippen molar-refractivity contribution in [1.82, 2.24) is 0 Å². The van der Waals surface area contributed by atoms with Crippen LogP contribution in [0.3, 0.4) is 0 Å². The summed E-state index contributed by atoms with van der Waals surface area (Å²) < 4.78 is 24.1. The molecule has 5 unspecified atom stereocenters. The summed E-state index contributed by atoms with van der Waals surface area (Å²) in [6.07, 6.45) is -6.83. The first-order valence-electron chi connectivity index (χ1n) is 18.7. The van der Waals surface area contributed by atoms with Crippen LogP contribution in [0.15, 0.2) is 78.9 Å². The number of phenols is 14. The topological polar surface area (TPSA) is 354 Å². The number of phenolic OH excluding ortho intramolecular Hbond substituents is 14. The van der Waals surface area contributed by atoms with E-state index in [1.165, 1.54) is 12.1 Å². The molecule has 330 valence electrons. The lowest BCUT2D eigenvalue weighted by molar-refractivity contribution is -0.0277. The van der Waals surface area contributed by atoms with Gasteiger partial charge < -0.3 is 90.4 Å². The molecule has 0 bridgehead atoms. The molecular weight excluding hydrogens is 848 g/mol. The van der Waals surface area contributed by atoms with Gasteiger partial charge in [-0.15, -0.1) is 0 Å². The van der Waals surface area contributed by atoms with E-state index < -0.39 is 146 Å². The van der Waals surface area contributed by atoms with Crippen molar-refractivity contribution in [3.05, 3.63) is 118 Å². The molecule has 0 saturated heterocycles. The molecule has 2 aliphatic rings. The molecule has 0 aromatic heterocycles. The highest BCUT2D eigenvalue weighted by atomic mass is 16.6. The number of carbonyl (C=O) groups is 2. The van der Waals surface area contributed by atoms with E-state index in [-0.39, 0.29) is 33.8 Å². The SMILES string of the molecule is O=C(OC1Cc2c(cc(O)c(C3c4c(O)cc(O)cc4OC(c4ccc(O)c(O)c4)C3OC(=O)c3cc(O)c(O)c(O)c3)c2O)OC1c1ccc(O)c(O)c1)c1cc(O)c(O)c(O)c1. The van der Waals surface area contributed by atoms with E-state index in [9.17, 15) is 81.1 Å². The van der Waals surface area contributed by atoms with Crippen LogP contribution < -0.4 is 9.47 Å². The van der Waals surface area contributed by atoms with Crippen LogP contribution in [0.2, 0.25) is 0 Å². The van der Waals surface area contributed by atoms with E-state index in [0.717, 1.165) is 66.7 Å². The predicted octanol–water partition coefficient (Wildman–Crippen LogP) is 4.96. The highest BCUT2D eigenvalue weighted by Gasteiger charge is 2.49. The molecule has 0 spiro atoms. The molecule has 14 N–H and O–H groups in total. The van der Waals surface area contributed by atoms with E-state index >= 15 is 0 Å². The number of esters is 2. The van der Waals surface area contributed by atoms with Gasteiger partial charge in [0.05, 0.1) is 17.0 Å². The van der Waals surface area contributed by atoms with E-state index in [1.807, 2.05) is 0 Å². The molecule has 20 heteroatoms. The zero-order chi connectivity index (χ0) is 46.0. The van der Waals surface area contributed by atoms with Gasteiger partial charge in [-0.2, -0.15) is 0 Å². The number of hydrogen-bond donors (Lipinski definition) is 14. The number of benzene rings is 6. The molecule has 0 radical (unpaired) electrons. The van der Waals surface area contributed by atoms with Gasteiger partial charge in [-0.3, -0.25) is 0 Å². The Morgan fingerprint density at radius 3 is 1.47 bits per heavy atom. The largest absolute Gasteiger partial charge is 0.508 e.